The first-order valence-corrected chi connectivity index (χ1v) is 8.06. The molecule has 1 heterocycles. The standard InChI is InChI=1S/C14H16N4O2S/c15-6-1-3-12-9-14(11-17-10-12)21(19,20)18(8-2-7-16)13-4-5-13/h9-11,13H,2,4-6,8,15H2. The van der Waals surface area contributed by atoms with Crippen LogP contribution in [0.2, 0.25) is 0 Å². The van der Waals surface area contributed by atoms with Crippen LogP contribution in [0.4, 0.5) is 0 Å². The Morgan fingerprint density at radius 2 is 2.19 bits per heavy atom. The molecule has 1 aliphatic rings. The lowest BCUT2D eigenvalue weighted by molar-refractivity contribution is 0.410. The minimum atomic E-state index is -3.64. The van der Waals surface area contributed by atoms with Crippen molar-refractivity contribution in [1.29, 1.82) is 5.26 Å². The first-order chi connectivity index (χ1) is 10.1. The summed E-state index contributed by atoms with van der Waals surface area (Å²) in [7, 11) is -3.64. The van der Waals surface area contributed by atoms with E-state index in [-0.39, 0.29) is 30.4 Å². The van der Waals surface area contributed by atoms with E-state index in [9.17, 15) is 8.42 Å². The second-order valence-electron chi connectivity index (χ2n) is 4.67. The van der Waals surface area contributed by atoms with Crippen LogP contribution in [-0.2, 0) is 10.0 Å². The van der Waals surface area contributed by atoms with E-state index in [1.807, 2.05) is 6.07 Å². The first-order valence-electron chi connectivity index (χ1n) is 6.62. The molecule has 0 radical (unpaired) electrons. The molecule has 6 nitrogen and oxygen atoms in total. The third kappa shape index (κ3) is 3.79. The molecular weight excluding hydrogens is 288 g/mol. The van der Waals surface area contributed by atoms with Crippen LogP contribution >= 0.6 is 0 Å². The number of hydrogen-bond donors (Lipinski definition) is 1. The number of rotatable bonds is 5. The van der Waals surface area contributed by atoms with Gasteiger partial charge in [0.15, 0.2) is 0 Å². The van der Waals surface area contributed by atoms with Gasteiger partial charge in [0.1, 0.15) is 4.90 Å². The summed E-state index contributed by atoms with van der Waals surface area (Å²) in [6.07, 6.45) is 4.66. The lowest BCUT2D eigenvalue weighted by atomic mass is 10.3. The fraction of sp³-hybridized carbons (Fsp3) is 0.429. The highest BCUT2D eigenvalue weighted by atomic mass is 32.2. The highest BCUT2D eigenvalue weighted by molar-refractivity contribution is 7.89. The van der Waals surface area contributed by atoms with Crippen LogP contribution in [0.15, 0.2) is 23.4 Å². The molecule has 0 atom stereocenters. The lowest BCUT2D eigenvalue weighted by Gasteiger charge is -2.20. The monoisotopic (exact) mass is 304 g/mol. The summed E-state index contributed by atoms with van der Waals surface area (Å²) < 4.78 is 26.7. The van der Waals surface area contributed by atoms with Crippen LogP contribution in [0.1, 0.15) is 24.8 Å². The second kappa shape index (κ2) is 6.68. The van der Waals surface area contributed by atoms with Crippen molar-refractivity contribution >= 4 is 10.0 Å². The van der Waals surface area contributed by atoms with Crippen molar-refractivity contribution in [3.05, 3.63) is 24.0 Å². The van der Waals surface area contributed by atoms with E-state index in [2.05, 4.69) is 16.8 Å². The molecule has 0 unspecified atom stereocenters. The molecule has 0 amide bonds. The fourth-order valence-corrected chi connectivity index (χ4v) is 3.61. The summed E-state index contributed by atoms with van der Waals surface area (Å²) in [5, 5.41) is 8.68. The fourth-order valence-electron chi connectivity index (χ4n) is 1.94. The number of nitrogens with two attached hydrogens (primary N) is 1. The summed E-state index contributed by atoms with van der Waals surface area (Å²) in [4.78, 5) is 4.04. The van der Waals surface area contributed by atoms with Gasteiger partial charge in [-0.1, -0.05) is 11.8 Å². The maximum absolute atomic E-state index is 12.6. The van der Waals surface area contributed by atoms with Gasteiger partial charge in [0, 0.05) is 37.0 Å². The summed E-state index contributed by atoms with van der Waals surface area (Å²) in [5.41, 5.74) is 5.81. The summed E-state index contributed by atoms with van der Waals surface area (Å²) in [5.74, 6) is 5.44. The zero-order valence-corrected chi connectivity index (χ0v) is 12.3. The largest absolute Gasteiger partial charge is 0.320 e. The van der Waals surface area contributed by atoms with Crippen LogP contribution in [0, 0.1) is 23.2 Å². The molecule has 21 heavy (non-hydrogen) atoms. The van der Waals surface area contributed by atoms with Gasteiger partial charge in [-0.15, -0.1) is 0 Å². The van der Waals surface area contributed by atoms with Gasteiger partial charge in [0.05, 0.1) is 12.6 Å². The van der Waals surface area contributed by atoms with Crippen LogP contribution in [0.3, 0.4) is 0 Å². The molecule has 0 spiro atoms. The molecule has 0 aromatic carbocycles. The van der Waals surface area contributed by atoms with Crippen LogP contribution < -0.4 is 5.73 Å². The molecule has 110 valence electrons. The molecule has 1 saturated carbocycles. The van der Waals surface area contributed by atoms with Gasteiger partial charge in [-0.05, 0) is 18.9 Å². The van der Waals surface area contributed by atoms with E-state index in [0.29, 0.717) is 5.56 Å². The summed E-state index contributed by atoms with van der Waals surface area (Å²) in [6.45, 7) is 0.412. The zero-order chi connectivity index (χ0) is 15.3. The van der Waals surface area contributed by atoms with Crippen LogP contribution in [0.5, 0.6) is 0 Å². The SMILES string of the molecule is N#CCCN(C1CC1)S(=O)(=O)c1cncc(C#CCN)c1. The summed E-state index contributed by atoms with van der Waals surface area (Å²) >= 11 is 0. The van der Waals surface area contributed by atoms with Gasteiger partial charge in [0.2, 0.25) is 10.0 Å². The minimum absolute atomic E-state index is 0.00197. The topological polar surface area (TPSA) is 100 Å². The van der Waals surface area contributed by atoms with Crippen molar-refractivity contribution in [2.75, 3.05) is 13.1 Å². The van der Waals surface area contributed by atoms with Gasteiger partial charge in [-0.3, -0.25) is 4.98 Å². The quantitative estimate of drug-likeness (QED) is 0.796. The molecule has 1 aliphatic carbocycles. The van der Waals surface area contributed by atoms with E-state index in [1.54, 1.807) is 0 Å². The molecule has 2 N–H and O–H groups in total. The van der Waals surface area contributed by atoms with Gasteiger partial charge in [-0.2, -0.15) is 9.57 Å². The molecule has 1 fully saturated rings. The highest BCUT2D eigenvalue weighted by Gasteiger charge is 2.37. The number of sulfonamides is 1. The smallest absolute Gasteiger partial charge is 0.244 e. The van der Waals surface area contributed by atoms with Gasteiger partial charge in [-0.25, -0.2) is 8.42 Å². The first kappa shape index (κ1) is 15.5. The van der Waals surface area contributed by atoms with Crippen molar-refractivity contribution in [3.8, 4) is 17.9 Å². The Kier molecular flexibility index (Phi) is 4.92. The maximum atomic E-state index is 12.6. The van der Waals surface area contributed by atoms with E-state index in [0.717, 1.165) is 12.8 Å². The Hall–Kier alpha value is -1.93. The number of hydrogen-bond acceptors (Lipinski definition) is 5. The second-order valence-corrected chi connectivity index (χ2v) is 6.56. The normalized spacial score (nSPS) is 14.3. The van der Waals surface area contributed by atoms with Gasteiger partial charge < -0.3 is 5.73 Å². The summed E-state index contributed by atoms with van der Waals surface area (Å²) in [6, 6.07) is 3.48. The van der Waals surface area contributed by atoms with Crippen LogP contribution in [-0.4, -0.2) is 36.8 Å². The van der Waals surface area contributed by atoms with Crippen molar-refractivity contribution in [1.82, 2.24) is 9.29 Å². The molecule has 1 aromatic heterocycles. The Bertz CT molecular complexity index is 708. The van der Waals surface area contributed by atoms with E-state index < -0.39 is 10.0 Å². The molecule has 1 aromatic rings. The third-order valence-electron chi connectivity index (χ3n) is 3.05. The van der Waals surface area contributed by atoms with Crippen molar-refractivity contribution in [2.45, 2.75) is 30.2 Å². The van der Waals surface area contributed by atoms with E-state index in [1.165, 1.54) is 22.8 Å². The predicted octanol–water partition coefficient (Wildman–Crippen LogP) is 0.459. The number of pyridine rings is 1. The average molecular weight is 304 g/mol. The molecule has 0 saturated heterocycles. The lowest BCUT2D eigenvalue weighted by Crippen LogP contribution is -2.34. The molecular formula is C14H16N4O2S. The Morgan fingerprint density at radius 3 is 2.81 bits per heavy atom. The molecule has 7 heteroatoms. The predicted molar refractivity (Wildman–Crippen MR) is 77.3 cm³/mol. The van der Waals surface area contributed by atoms with E-state index >= 15 is 0 Å². The van der Waals surface area contributed by atoms with Crippen molar-refractivity contribution in [2.24, 2.45) is 5.73 Å². The Balaban J connectivity index is 2.31. The van der Waals surface area contributed by atoms with Gasteiger partial charge in [0.25, 0.3) is 0 Å². The minimum Gasteiger partial charge on any atom is -0.320 e. The van der Waals surface area contributed by atoms with Gasteiger partial charge >= 0.3 is 0 Å². The van der Waals surface area contributed by atoms with Crippen LogP contribution in [0.25, 0.3) is 0 Å². The van der Waals surface area contributed by atoms with Crippen molar-refractivity contribution in [3.63, 3.8) is 0 Å². The number of nitrogens with zero attached hydrogens (tertiary/aromatic N) is 3. The maximum Gasteiger partial charge on any atom is 0.244 e. The number of nitriles is 1. The highest BCUT2D eigenvalue weighted by Crippen LogP contribution is 2.32. The molecule has 2 rings (SSSR count). The Labute approximate surface area is 124 Å². The molecule has 0 bridgehead atoms. The average Bonchev–Trinajstić information content (AvgIpc) is 3.30. The zero-order valence-electron chi connectivity index (χ0n) is 11.5. The third-order valence-corrected chi connectivity index (χ3v) is 4.97. The van der Waals surface area contributed by atoms with E-state index in [4.69, 9.17) is 11.0 Å². The number of aromatic nitrogens is 1. The molecule has 0 aliphatic heterocycles. The Morgan fingerprint density at radius 1 is 1.43 bits per heavy atom. The van der Waals surface area contributed by atoms with Crippen molar-refractivity contribution < 1.29 is 8.42 Å².